The lowest BCUT2D eigenvalue weighted by atomic mass is 10.1. The number of nitrogens with zero attached hydrogens (tertiary/aromatic N) is 2. The molecule has 0 aliphatic heterocycles. The molecule has 0 aliphatic carbocycles. The van der Waals surface area contributed by atoms with Crippen LogP contribution in [0.25, 0.3) is 22.5 Å². The highest BCUT2D eigenvalue weighted by Gasteiger charge is 2.47. The Bertz CT molecular complexity index is 941. The van der Waals surface area contributed by atoms with Crippen LogP contribution in [0.5, 0.6) is 0 Å². The fourth-order valence-corrected chi connectivity index (χ4v) is 12.7. The summed E-state index contributed by atoms with van der Waals surface area (Å²) in [4.78, 5) is 4.64. The minimum absolute atomic E-state index is 0.217. The van der Waals surface area contributed by atoms with Gasteiger partial charge in [0.05, 0.1) is 11.4 Å². The number of hydrogen-bond donors (Lipinski definition) is 0. The fraction of sp³-hybridized carbons (Fsp3) is 0.375. The van der Waals surface area contributed by atoms with Gasteiger partial charge in [0.2, 0.25) is 0 Å². The largest absolute Gasteiger partial charge is 0.372 e. The van der Waals surface area contributed by atoms with Gasteiger partial charge in [-0.15, -0.1) is 0 Å². The first-order valence-corrected chi connectivity index (χ1v) is 13.3. The highest BCUT2D eigenvalue weighted by Crippen LogP contribution is 2.49. The third kappa shape index (κ3) is 3.75. The molecule has 2 heterocycles. The molecule has 0 saturated heterocycles. The van der Waals surface area contributed by atoms with Gasteiger partial charge in [0.1, 0.15) is 5.82 Å². The van der Waals surface area contributed by atoms with Gasteiger partial charge in [0.15, 0.2) is 8.24 Å². The molecule has 3 rings (SSSR count). The van der Waals surface area contributed by atoms with Crippen molar-refractivity contribution < 1.29 is 4.39 Å². The van der Waals surface area contributed by atoms with Gasteiger partial charge in [-0.05, 0) is 74.5 Å². The van der Waals surface area contributed by atoms with E-state index in [2.05, 4.69) is 72.9 Å². The summed E-state index contributed by atoms with van der Waals surface area (Å²) in [5.41, 5.74) is 5.79. The van der Waals surface area contributed by atoms with Gasteiger partial charge in [-0.3, -0.25) is 4.98 Å². The Kier molecular flexibility index (Phi) is 6.49. The van der Waals surface area contributed by atoms with Crippen LogP contribution in [0.4, 0.5) is 4.39 Å². The molecule has 2 aromatic heterocycles. The molecule has 0 unspecified atom stereocenters. The van der Waals surface area contributed by atoms with Crippen LogP contribution in [0, 0.1) is 5.82 Å². The van der Waals surface area contributed by atoms with Crippen molar-refractivity contribution in [2.24, 2.45) is 0 Å². The Morgan fingerprint density at radius 1 is 0.897 bits per heavy atom. The molecule has 0 atom stereocenters. The normalized spacial score (nSPS) is 12.4. The third-order valence-corrected chi connectivity index (χ3v) is 13.5. The Hall–Kier alpha value is -1.72. The number of halogens is 2. The first-order chi connectivity index (χ1) is 13.7. The van der Waals surface area contributed by atoms with E-state index in [1.165, 1.54) is 0 Å². The molecular weight excluding hydrogens is 443 g/mol. The lowest BCUT2D eigenvalue weighted by Crippen LogP contribution is -2.52. The average Bonchev–Trinajstić information content (AvgIpc) is 2.99. The van der Waals surface area contributed by atoms with Crippen molar-refractivity contribution in [1.29, 1.82) is 0 Å². The molecule has 0 saturated carbocycles. The molecule has 3 aromatic rings. The van der Waals surface area contributed by atoms with Gasteiger partial charge in [0, 0.05) is 22.4 Å². The first kappa shape index (κ1) is 22.0. The fourth-order valence-electron chi connectivity index (χ4n) is 5.26. The van der Waals surface area contributed by atoms with Crippen LogP contribution in [-0.2, 0) is 0 Å². The molecule has 29 heavy (non-hydrogen) atoms. The molecule has 0 amide bonds. The van der Waals surface area contributed by atoms with Crippen LogP contribution in [0.1, 0.15) is 41.5 Å². The van der Waals surface area contributed by atoms with Crippen LogP contribution in [-0.4, -0.2) is 17.5 Å². The quantitative estimate of drug-likeness (QED) is 0.330. The number of hydrogen-bond acceptors (Lipinski definition) is 1. The highest BCUT2D eigenvalue weighted by atomic mass is 79.9. The average molecular weight is 474 g/mol. The van der Waals surface area contributed by atoms with E-state index in [0.717, 1.165) is 27.0 Å². The Balaban J connectivity index is 2.43. The van der Waals surface area contributed by atoms with Gasteiger partial charge in [-0.25, -0.2) is 4.39 Å². The topological polar surface area (TPSA) is 17.8 Å². The standard InChI is InChI=1S/C24H30BrFN2Si/c1-16(2)29(17(3)4,18(5)6)28-15-21(25)23(22-9-7-8-14-27-22)24(28)19-10-12-20(26)13-11-19/h7-18H,1-6H3. The Morgan fingerprint density at radius 3 is 1.97 bits per heavy atom. The zero-order valence-corrected chi connectivity index (χ0v) is 20.7. The molecule has 5 heteroatoms. The monoisotopic (exact) mass is 472 g/mol. The van der Waals surface area contributed by atoms with E-state index in [-0.39, 0.29) is 5.82 Å². The van der Waals surface area contributed by atoms with E-state index in [0.29, 0.717) is 16.6 Å². The van der Waals surface area contributed by atoms with Crippen LogP contribution >= 0.6 is 15.9 Å². The summed E-state index contributed by atoms with van der Waals surface area (Å²) in [7, 11) is -2.02. The summed E-state index contributed by atoms with van der Waals surface area (Å²) in [5, 5.41) is 0. The maximum atomic E-state index is 13.7. The van der Waals surface area contributed by atoms with Gasteiger partial charge in [-0.2, -0.15) is 0 Å². The second-order valence-corrected chi connectivity index (χ2v) is 15.2. The smallest absolute Gasteiger partial charge is 0.169 e. The highest BCUT2D eigenvalue weighted by molar-refractivity contribution is 9.10. The van der Waals surface area contributed by atoms with Gasteiger partial charge in [0.25, 0.3) is 0 Å². The summed E-state index contributed by atoms with van der Waals surface area (Å²) in [5.74, 6) is -0.217. The predicted octanol–water partition coefficient (Wildman–Crippen LogP) is 8.14. The van der Waals surface area contributed by atoms with E-state index in [4.69, 9.17) is 0 Å². The maximum Gasteiger partial charge on any atom is 0.169 e. The predicted molar refractivity (Wildman–Crippen MR) is 127 cm³/mol. The molecule has 0 N–H and O–H groups in total. The number of pyridine rings is 1. The Morgan fingerprint density at radius 2 is 1.48 bits per heavy atom. The minimum Gasteiger partial charge on any atom is -0.372 e. The van der Waals surface area contributed by atoms with Gasteiger partial charge >= 0.3 is 0 Å². The second kappa shape index (κ2) is 8.56. The minimum atomic E-state index is -2.02. The van der Waals surface area contributed by atoms with Crippen molar-refractivity contribution in [3.8, 4) is 22.5 Å². The van der Waals surface area contributed by atoms with E-state index < -0.39 is 8.24 Å². The SMILES string of the molecule is CC(C)[Si](C(C)C)(C(C)C)n1cc(Br)c(-c2ccccn2)c1-c1ccc(F)cc1. The molecule has 0 spiro atoms. The molecule has 2 nitrogen and oxygen atoms in total. The third-order valence-electron chi connectivity index (χ3n) is 6.19. The van der Waals surface area contributed by atoms with Crippen molar-refractivity contribution >= 4 is 24.2 Å². The van der Waals surface area contributed by atoms with E-state index in [9.17, 15) is 4.39 Å². The van der Waals surface area contributed by atoms with E-state index in [1.54, 1.807) is 12.1 Å². The number of rotatable bonds is 6. The summed E-state index contributed by atoms with van der Waals surface area (Å²) in [6, 6.07) is 12.9. The molecule has 0 fully saturated rings. The number of benzene rings is 1. The molecular formula is C24H30BrFN2Si. The Labute approximate surface area is 183 Å². The number of aromatic nitrogens is 2. The lowest BCUT2D eigenvalue weighted by Gasteiger charge is -2.45. The van der Waals surface area contributed by atoms with Gasteiger partial charge in [-0.1, -0.05) is 47.6 Å². The summed E-state index contributed by atoms with van der Waals surface area (Å²) in [6.45, 7) is 14.1. The summed E-state index contributed by atoms with van der Waals surface area (Å²) >= 11 is 3.84. The van der Waals surface area contributed by atoms with Crippen molar-refractivity contribution in [3.63, 3.8) is 0 Å². The maximum absolute atomic E-state index is 13.7. The van der Waals surface area contributed by atoms with Crippen molar-refractivity contribution in [1.82, 2.24) is 9.22 Å². The van der Waals surface area contributed by atoms with Crippen LogP contribution in [0.15, 0.2) is 59.3 Å². The lowest BCUT2D eigenvalue weighted by molar-refractivity contribution is 0.628. The molecule has 0 bridgehead atoms. The van der Waals surface area contributed by atoms with Crippen molar-refractivity contribution in [3.05, 3.63) is 65.1 Å². The van der Waals surface area contributed by atoms with Crippen LogP contribution in [0.2, 0.25) is 16.6 Å². The van der Waals surface area contributed by atoms with Gasteiger partial charge < -0.3 is 4.23 Å². The zero-order valence-electron chi connectivity index (χ0n) is 18.1. The molecule has 154 valence electrons. The molecule has 0 aliphatic rings. The van der Waals surface area contributed by atoms with Crippen molar-refractivity contribution in [2.45, 2.75) is 58.2 Å². The molecule has 0 radical (unpaired) electrons. The van der Waals surface area contributed by atoms with Crippen LogP contribution < -0.4 is 0 Å². The second-order valence-electron chi connectivity index (χ2n) is 8.64. The zero-order chi connectivity index (χ0) is 21.3. The summed E-state index contributed by atoms with van der Waals surface area (Å²) in [6.07, 6.45) is 4.08. The van der Waals surface area contributed by atoms with Crippen LogP contribution in [0.3, 0.4) is 0 Å². The summed E-state index contributed by atoms with van der Waals surface area (Å²) < 4.78 is 17.3. The first-order valence-electron chi connectivity index (χ1n) is 10.3. The van der Waals surface area contributed by atoms with E-state index >= 15 is 0 Å². The van der Waals surface area contributed by atoms with Crippen molar-refractivity contribution in [2.75, 3.05) is 0 Å². The molecule has 1 aromatic carbocycles. The van der Waals surface area contributed by atoms with E-state index in [1.807, 2.05) is 36.5 Å².